The van der Waals surface area contributed by atoms with Gasteiger partial charge in [0.05, 0.1) is 0 Å². The highest BCUT2D eigenvalue weighted by Crippen LogP contribution is 2.43. The molecule has 2 nitrogen and oxygen atoms in total. The number of carbonyl (C=O) groups excluding carboxylic acids is 1. The maximum Gasteiger partial charge on any atom is 0.317 e. The standard InChI is InChI=1S/C16H11BrCl2O2/c17-8-13(20)21-16-14-9(3-1-5-11(14)18)7-10-4-2-6-12(19)15(10)16/h1-6,16H,7-8H2. The van der Waals surface area contributed by atoms with E-state index in [1.807, 2.05) is 24.3 Å². The molecule has 0 bridgehead atoms. The molecule has 5 heteroatoms. The van der Waals surface area contributed by atoms with Crippen LogP contribution in [0.1, 0.15) is 28.4 Å². The van der Waals surface area contributed by atoms with Gasteiger partial charge in [0.15, 0.2) is 6.10 Å². The van der Waals surface area contributed by atoms with Gasteiger partial charge in [0.2, 0.25) is 0 Å². The lowest BCUT2D eigenvalue weighted by atomic mass is 9.84. The summed E-state index contributed by atoms with van der Waals surface area (Å²) >= 11 is 15.8. The second-order valence-electron chi connectivity index (χ2n) is 4.81. The first kappa shape index (κ1) is 14.9. The molecule has 108 valence electrons. The van der Waals surface area contributed by atoms with Gasteiger partial charge in [-0.15, -0.1) is 0 Å². The van der Waals surface area contributed by atoms with Crippen LogP contribution >= 0.6 is 39.1 Å². The summed E-state index contributed by atoms with van der Waals surface area (Å²) in [5.74, 6) is -0.348. The molecule has 0 unspecified atom stereocenters. The van der Waals surface area contributed by atoms with E-state index >= 15 is 0 Å². The minimum atomic E-state index is -0.559. The molecule has 0 saturated heterocycles. The average molecular weight is 386 g/mol. The van der Waals surface area contributed by atoms with Gasteiger partial charge < -0.3 is 4.74 Å². The second-order valence-corrected chi connectivity index (χ2v) is 6.18. The number of esters is 1. The molecule has 0 heterocycles. The summed E-state index contributed by atoms with van der Waals surface area (Å²) in [4.78, 5) is 11.8. The molecule has 0 amide bonds. The molecule has 0 radical (unpaired) electrons. The Labute approximate surface area is 141 Å². The number of benzene rings is 2. The van der Waals surface area contributed by atoms with E-state index in [0.717, 1.165) is 28.7 Å². The van der Waals surface area contributed by atoms with E-state index in [2.05, 4.69) is 15.9 Å². The summed E-state index contributed by atoms with van der Waals surface area (Å²) in [6.07, 6.45) is 0.171. The zero-order valence-electron chi connectivity index (χ0n) is 10.9. The van der Waals surface area contributed by atoms with Crippen molar-refractivity contribution >= 4 is 45.1 Å². The minimum Gasteiger partial charge on any atom is -0.452 e. The van der Waals surface area contributed by atoms with E-state index in [9.17, 15) is 4.79 Å². The number of hydrogen-bond acceptors (Lipinski definition) is 2. The zero-order chi connectivity index (χ0) is 15.0. The van der Waals surface area contributed by atoms with E-state index in [-0.39, 0.29) is 11.3 Å². The first-order valence-corrected chi connectivity index (χ1v) is 8.29. The smallest absolute Gasteiger partial charge is 0.317 e. The molecule has 1 aliphatic carbocycles. The summed E-state index contributed by atoms with van der Waals surface area (Å²) in [6.45, 7) is 0. The molecule has 0 fully saturated rings. The average Bonchev–Trinajstić information content (AvgIpc) is 2.46. The fraction of sp³-hybridized carbons (Fsp3) is 0.188. The Bertz CT molecular complexity index is 664. The van der Waals surface area contributed by atoms with Gasteiger partial charge in [0.1, 0.15) is 5.33 Å². The summed E-state index contributed by atoms with van der Waals surface area (Å²) in [6, 6.07) is 11.4. The third-order valence-electron chi connectivity index (χ3n) is 3.55. The van der Waals surface area contributed by atoms with Crippen LogP contribution in [0.25, 0.3) is 0 Å². The number of rotatable bonds is 2. The predicted octanol–water partition coefficient (Wildman–Crippen LogP) is 4.93. The highest BCUT2D eigenvalue weighted by Gasteiger charge is 2.32. The predicted molar refractivity (Wildman–Crippen MR) is 87.4 cm³/mol. The Morgan fingerprint density at radius 3 is 2.10 bits per heavy atom. The van der Waals surface area contributed by atoms with Gasteiger partial charge in [-0.1, -0.05) is 63.4 Å². The number of alkyl halides is 1. The van der Waals surface area contributed by atoms with Crippen LogP contribution < -0.4 is 0 Å². The normalized spacial score (nSPS) is 13.5. The maximum absolute atomic E-state index is 11.8. The van der Waals surface area contributed by atoms with Crippen LogP contribution in [0.2, 0.25) is 10.0 Å². The zero-order valence-corrected chi connectivity index (χ0v) is 14.0. The Morgan fingerprint density at radius 1 is 1.10 bits per heavy atom. The molecular weight excluding hydrogens is 375 g/mol. The molecule has 1 aliphatic rings. The van der Waals surface area contributed by atoms with Crippen molar-refractivity contribution in [1.82, 2.24) is 0 Å². The van der Waals surface area contributed by atoms with Gasteiger partial charge in [-0.25, -0.2) is 0 Å². The molecule has 0 N–H and O–H groups in total. The third-order valence-corrected chi connectivity index (χ3v) is 4.67. The topological polar surface area (TPSA) is 26.3 Å². The highest BCUT2D eigenvalue weighted by molar-refractivity contribution is 9.09. The largest absolute Gasteiger partial charge is 0.452 e. The fourth-order valence-corrected chi connectivity index (χ4v) is 3.41. The molecule has 0 aromatic heterocycles. The van der Waals surface area contributed by atoms with Crippen LogP contribution in [0.5, 0.6) is 0 Å². The van der Waals surface area contributed by atoms with Crippen LogP contribution in [0.4, 0.5) is 0 Å². The second kappa shape index (κ2) is 5.99. The molecule has 21 heavy (non-hydrogen) atoms. The van der Waals surface area contributed by atoms with Crippen LogP contribution in [-0.2, 0) is 16.0 Å². The van der Waals surface area contributed by atoms with Crippen molar-refractivity contribution in [3.05, 3.63) is 68.7 Å². The first-order chi connectivity index (χ1) is 10.1. The van der Waals surface area contributed by atoms with Gasteiger partial charge >= 0.3 is 5.97 Å². The molecule has 2 aromatic rings. The van der Waals surface area contributed by atoms with Crippen molar-refractivity contribution in [2.75, 3.05) is 5.33 Å². The van der Waals surface area contributed by atoms with Gasteiger partial charge in [0, 0.05) is 21.2 Å². The van der Waals surface area contributed by atoms with E-state index < -0.39 is 6.10 Å². The Morgan fingerprint density at radius 2 is 1.62 bits per heavy atom. The number of halogens is 3. The SMILES string of the molecule is O=C(CBr)OC1c2c(Cl)cccc2Cc2cccc(Cl)c21. The van der Waals surface area contributed by atoms with Crippen molar-refractivity contribution in [2.24, 2.45) is 0 Å². The monoisotopic (exact) mass is 384 g/mol. The van der Waals surface area contributed by atoms with E-state index in [0.29, 0.717) is 10.0 Å². The van der Waals surface area contributed by atoms with Crippen molar-refractivity contribution in [2.45, 2.75) is 12.5 Å². The number of hydrogen-bond donors (Lipinski definition) is 0. The summed E-state index contributed by atoms with van der Waals surface area (Å²) in [7, 11) is 0. The van der Waals surface area contributed by atoms with Gasteiger partial charge in [-0.2, -0.15) is 0 Å². The molecule has 0 aliphatic heterocycles. The summed E-state index contributed by atoms with van der Waals surface area (Å²) < 4.78 is 5.60. The first-order valence-electron chi connectivity index (χ1n) is 6.42. The lowest BCUT2D eigenvalue weighted by Gasteiger charge is -2.29. The number of carbonyl (C=O) groups is 1. The van der Waals surface area contributed by atoms with Crippen molar-refractivity contribution in [3.8, 4) is 0 Å². The molecule has 3 rings (SSSR count). The third kappa shape index (κ3) is 2.70. The quantitative estimate of drug-likeness (QED) is 0.541. The minimum absolute atomic E-state index is 0.128. The van der Waals surface area contributed by atoms with Crippen molar-refractivity contribution in [1.29, 1.82) is 0 Å². The van der Waals surface area contributed by atoms with E-state index in [4.69, 9.17) is 27.9 Å². The van der Waals surface area contributed by atoms with Crippen LogP contribution in [-0.4, -0.2) is 11.3 Å². The van der Waals surface area contributed by atoms with Crippen LogP contribution in [0.15, 0.2) is 36.4 Å². The van der Waals surface area contributed by atoms with Gasteiger partial charge in [-0.05, 0) is 29.7 Å². The van der Waals surface area contributed by atoms with Crippen molar-refractivity contribution in [3.63, 3.8) is 0 Å². The molecular formula is C16H11BrCl2O2. The maximum atomic E-state index is 11.8. The molecule has 0 saturated carbocycles. The summed E-state index contributed by atoms with van der Waals surface area (Å²) in [5.41, 5.74) is 3.78. The summed E-state index contributed by atoms with van der Waals surface area (Å²) in [5, 5.41) is 1.30. The number of ether oxygens (including phenoxy) is 1. The Hall–Kier alpha value is -1.03. The lowest BCUT2D eigenvalue weighted by Crippen LogP contribution is -2.21. The van der Waals surface area contributed by atoms with Gasteiger partial charge in [0.25, 0.3) is 0 Å². The van der Waals surface area contributed by atoms with Crippen molar-refractivity contribution < 1.29 is 9.53 Å². The number of fused-ring (bicyclic) bond motifs is 2. The Kier molecular flexibility index (Phi) is 4.25. The van der Waals surface area contributed by atoms with Gasteiger partial charge in [-0.3, -0.25) is 4.79 Å². The molecule has 0 spiro atoms. The lowest BCUT2D eigenvalue weighted by molar-refractivity contribution is -0.144. The van der Waals surface area contributed by atoms with Crippen LogP contribution in [0.3, 0.4) is 0 Å². The fourth-order valence-electron chi connectivity index (χ4n) is 2.69. The highest BCUT2D eigenvalue weighted by atomic mass is 79.9. The molecule has 2 aromatic carbocycles. The Balaban J connectivity index is 2.19. The van der Waals surface area contributed by atoms with E-state index in [1.54, 1.807) is 12.1 Å². The van der Waals surface area contributed by atoms with Crippen LogP contribution in [0, 0.1) is 0 Å². The molecule has 0 atom stereocenters. The van der Waals surface area contributed by atoms with E-state index in [1.165, 1.54) is 0 Å².